The van der Waals surface area contributed by atoms with Gasteiger partial charge in [0.2, 0.25) is 0 Å². The van der Waals surface area contributed by atoms with Crippen molar-refractivity contribution in [2.24, 2.45) is 10.5 Å². The molecule has 5 heteroatoms. The zero-order valence-corrected chi connectivity index (χ0v) is 17.6. The summed E-state index contributed by atoms with van der Waals surface area (Å²) in [6.45, 7) is 13.3. The average molecular weight is 381 g/mol. The molecular weight excluding hydrogens is 348 g/mol. The van der Waals surface area contributed by atoms with E-state index in [0.29, 0.717) is 0 Å². The van der Waals surface area contributed by atoms with Crippen LogP contribution in [0.25, 0.3) is 10.9 Å². The Hall–Kier alpha value is -2.14. The first kappa shape index (κ1) is 19.2. The molecule has 1 N–H and O–H groups in total. The lowest BCUT2D eigenvalue weighted by molar-refractivity contribution is 0.0957. The molecule has 150 valence electrons. The molecule has 0 radical (unpaired) electrons. The fourth-order valence-corrected chi connectivity index (χ4v) is 4.65. The van der Waals surface area contributed by atoms with Crippen LogP contribution in [0, 0.1) is 5.41 Å². The van der Waals surface area contributed by atoms with E-state index in [4.69, 9.17) is 0 Å². The van der Waals surface area contributed by atoms with Crippen LogP contribution >= 0.6 is 0 Å². The predicted octanol–water partition coefficient (Wildman–Crippen LogP) is 4.18. The summed E-state index contributed by atoms with van der Waals surface area (Å²) in [6, 6.07) is 6.08. The minimum absolute atomic E-state index is 0.112. The van der Waals surface area contributed by atoms with Gasteiger partial charge in [-0.2, -0.15) is 5.10 Å². The summed E-state index contributed by atoms with van der Waals surface area (Å²) in [6.07, 6.45) is 4.93. The number of hydrogen-bond acceptors (Lipinski definition) is 3. The van der Waals surface area contributed by atoms with Crippen LogP contribution in [-0.2, 0) is 13.0 Å². The summed E-state index contributed by atoms with van der Waals surface area (Å²) >= 11 is 0. The number of likely N-dealkylation sites (tertiary alicyclic amines) is 1. The third kappa shape index (κ3) is 3.60. The lowest BCUT2D eigenvalue weighted by Crippen LogP contribution is -2.33. The number of rotatable bonds is 4. The minimum atomic E-state index is -0.112. The monoisotopic (exact) mass is 380 g/mol. The maximum Gasteiger partial charge on any atom is 0.272 e. The molecule has 1 saturated heterocycles. The molecule has 3 heterocycles. The van der Waals surface area contributed by atoms with Crippen molar-refractivity contribution in [3.05, 3.63) is 35.0 Å². The molecule has 0 aliphatic carbocycles. The highest BCUT2D eigenvalue weighted by atomic mass is 16.2. The molecule has 2 aliphatic heterocycles. The molecule has 5 nitrogen and oxygen atoms in total. The summed E-state index contributed by atoms with van der Waals surface area (Å²) in [5.74, 6) is -0.112. The van der Waals surface area contributed by atoms with Gasteiger partial charge >= 0.3 is 0 Å². The number of carbonyl (C=O) groups excluding carboxylic acids is 1. The molecule has 4 rings (SSSR count). The lowest BCUT2D eigenvalue weighted by Gasteiger charge is -2.28. The predicted molar refractivity (Wildman–Crippen MR) is 115 cm³/mol. The summed E-state index contributed by atoms with van der Waals surface area (Å²) in [7, 11) is 0. The van der Waals surface area contributed by atoms with E-state index in [1.165, 1.54) is 38.0 Å². The Morgan fingerprint density at radius 2 is 1.86 bits per heavy atom. The Morgan fingerprint density at radius 3 is 2.57 bits per heavy atom. The highest BCUT2D eigenvalue weighted by Crippen LogP contribution is 2.35. The molecular formula is C23H32N4O. The van der Waals surface area contributed by atoms with Crippen LogP contribution in [0.3, 0.4) is 0 Å². The van der Waals surface area contributed by atoms with E-state index >= 15 is 0 Å². The fraction of sp³-hybridized carbons (Fsp3) is 0.565. The fourth-order valence-electron chi connectivity index (χ4n) is 4.65. The Balaban J connectivity index is 1.85. The van der Waals surface area contributed by atoms with Crippen molar-refractivity contribution in [3.8, 4) is 0 Å². The molecule has 0 saturated carbocycles. The van der Waals surface area contributed by atoms with Crippen LogP contribution in [0.5, 0.6) is 0 Å². The molecule has 28 heavy (non-hydrogen) atoms. The van der Waals surface area contributed by atoms with E-state index in [1.807, 2.05) is 19.1 Å². The van der Waals surface area contributed by atoms with Gasteiger partial charge in [-0.25, -0.2) is 5.43 Å². The summed E-state index contributed by atoms with van der Waals surface area (Å²) in [4.78, 5) is 15.2. The standard InChI is InChI=1S/C23H32N4O/c1-16-20-19(15-23(2,3)4)27(14-13-26-11-6-5-7-12-26)18-10-8-9-17(21(18)20)22(28)25-24-16/h8-10H,5-7,11-15H2,1-4H3,(H,25,28). The summed E-state index contributed by atoms with van der Waals surface area (Å²) in [5.41, 5.74) is 8.12. The maximum absolute atomic E-state index is 12.6. The van der Waals surface area contributed by atoms with Crippen molar-refractivity contribution in [2.75, 3.05) is 19.6 Å². The Morgan fingerprint density at radius 1 is 1.11 bits per heavy atom. The van der Waals surface area contributed by atoms with Gasteiger partial charge in [-0.15, -0.1) is 0 Å². The van der Waals surface area contributed by atoms with Gasteiger partial charge < -0.3 is 9.47 Å². The first-order valence-electron chi connectivity index (χ1n) is 10.6. The number of piperidine rings is 1. The van der Waals surface area contributed by atoms with Gasteiger partial charge in [-0.3, -0.25) is 4.79 Å². The summed E-state index contributed by atoms with van der Waals surface area (Å²) < 4.78 is 2.46. The number of carbonyl (C=O) groups is 1. The SMILES string of the molecule is CC1=NNC(=O)c2cccc3c2c1c(CC(C)(C)C)n3CCN1CCCCC1. The Kier molecular flexibility index (Phi) is 5.04. The smallest absolute Gasteiger partial charge is 0.272 e. The van der Waals surface area contributed by atoms with E-state index < -0.39 is 0 Å². The van der Waals surface area contributed by atoms with Crippen LogP contribution in [0.2, 0.25) is 0 Å². The van der Waals surface area contributed by atoms with Crippen LogP contribution in [0.1, 0.15) is 68.6 Å². The molecule has 2 aliphatic rings. The second kappa shape index (κ2) is 7.36. The van der Waals surface area contributed by atoms with Crippen LogP contribution in [0.4, 0.5) is 0 Å². The van der Waals surface area contributed by atoms with Crippen molar-refractivity contribution in [2.45, 2.75) is 59.9 Å². The van der Waals surface area contributed by atoms with Gasteiger partial charge in [0.1, 0.15) is 0 Å². The zero-order valence-electron chi connectivity index (χ0n) is 17.6. The van der Waals surface area contributed by atoms with E-state index in [-0.39, 0.29) is 11.3 Å². The highest BCUT2D eigenvalue weighted by molar-refractivity contribution is 6.19. The second-order valence-electron chi connectivity index (χ2n) is 9.45. The quantitative estimate of drug-likeness (QED) is 0.865. The summed E-state index contributed by atoms with van der Waals surface area (Å²) in [5, 5.41) is 5.46. The molecule has 1 fully saturated rings. The molecule has 2 aromatic rings. The van der Waals surface area contributed by atoms with E-state index in [0.717, 1.165) is 47.3 Å². The zero-order chi connectivity index (χ0) is 19.9. The van der Waals surface area contributed by atoms with Crippen molar-refractivity contribution in [1.29, 1.82) is 0 Å². The topological polar surface area (TPSA) is 49.6 Å². The van der Waals surface area contributed by atoms with Crippen molar-refractivity contribution in [3.63, 3.8) is 0 Å². The molecule has 1 aromatic carbocycles. The Labute approximate surface area is 167 Å². The highest BCUT2D eigenvalue weighted by Gasteiger charge is 2.28. The van der Waals surface area contributed by atoms with Gasteiger partial charge in [-0.1, -0.05) is 33.3 Å². The first-order chi connectivity index (χ1) is 13.3. The molecule has 1 aromatic heterocycles. The number of benzene rings is 1. The van der Waals surface area contributed by atoms with Gasteiger partial charge in [0.15, 0.2) is 0 Å². The van der Waals surface area contributed by atoms with Crippen LogP contribution < -0.4 is 5.43 Å². The average Bonchev–Trinajstić information content (AvgIpc) is 2.89. The normalized spacial score (nSPS) is 18.1. The van der Waals surface area contributed by atoms with Gasteiger partial charge in [0.05, 0.1) is 11.3 Å². The van der Waals surface area contributed by atoms with Crippen molar-refractivity contribution >= 4 is 22.5 Å². The number of hydrazone groups is 1. The maximum atomic E-state index is 12.6. The van der Waals surface area contributed by atoms with Crippen molar-refractivity contribution in [1.82, 2.24) is 14.9 Å². The molecule has 0 atom stereocenters. The number of nitrogens with zero attached hydrogens (tertiary/aromatic N) is 3. The molecule has 0 spiro atoms. The van der Waals surface area contributed by atoms with E-state index in [1.54, 1.807) is 0 Å². The first-order valence-corrected chi connectivity index (χ1v) is 10.6. The van der Waals surface area contributed by atoms with E-state index in [2.05, 4.69) is 46.8 Å². The largest absolute Gasteiger partial charge is 0.343 e. The van der Waals surface area contributed by atoms with E-state index in [9.17, 15) is 4.79 Å². The number of nitrogens with one attached hydrogen (secondary N) is 1. The van der Waals surface area contributed by atoms with Gasteiger partial charge in [-0.05, 0) is 56.8 Å². The number of aromatic nitrogens is 1. The third-order valence-corrected chi connectivity index (χ3v) is 5.92. The molecule has 0 bridgehead atoms. The molecule has 1 amide bonds. The third-order valence-electron chi connectivity index (χ3n) is 5.92. The number of amides is 1. The van der Waals surface area contributed by atoms with Crippen LogP contribution in [0.15, 0.2) is 23.3 Å². The van der Waals surface area contributed by atoms with Gasteiger partial charge in [0, 0.05) is 35.2 Å². The lowest BCUT2D eigenvalue weighted by atomic mass is 9.88. The minimum Gasteiger partial charge on any atom is -0.343 e. The Bertz CT molecular complexity index is 926. The van der Waals surface area contributed by atoms with Crippen LogP contribution in [-0.4, -0.2) is 40.7 Å². The second-order valence-corrected chi connectivity index (χ2v) is 9.45. The number of hydrogen-bond donors (Lipinski definition) is 1. The van der Waals surface area contributed by atoms with Crippen molar-refractivity contribution < 1.29 is 4.79 Å². The van der Waals surface area contributed by atoms with Gasteiger partial charge in [0.25, 0.3) is 5.91 Å². The molecule has 0 unspecified atom stereocenters.